The van der Waals surface area contributed by atoms with Crippen LogP contribution in [0.25, 0.3) is 0 Å². The molecule has 1 aliphatic heterocycles. The summed E-state index contributed by atoms with van der Waals surface area (Å²) in [5.74, 6) is 2.36. The van der Waals surface area contributed by atoms with Crippen molar-refractivity contribution in [1.82, 2.24) is 10.6 Å². The van der Waals surface area contributed by atoms with Crippen LogP contribution in [0.3, 0.4) is 0 Å². The second kappa shape index (κ2) is 6.66. The maximum atomic E-state index is 11.8. The van der Waals surface area contributed by atoms with Gasteiger partial charge in [-0.1, -0.05) is 18.2 Å². The summed E-state index contributed by atoms with van der Waals surface area (Å²) in [6.45, 7) is 1.35. The minimum absolute atomic E-state index is 0.0262. The lowest BCUT2D eigenvalue weighted by Gasteiger charge is -2.22. The number of phenolic OH excluding ortho intramolecular Hbond substituents is 1. The molecular weight excluding hydrogens is 248 g/mol. The number of hydrogen-bond donors (Lipinski definition) is 3. The minimum atomic E-state index is 0.0262. The molecule has 1 atom stereocenters. The van der Waals surface area contributed by atoms with Crippen molar-refractivity contribution >= 4 is 17.7 Å². The van der Waals surface area contributed by atoms with Gasteiger partial charge < -0.3 is 15.7 Å². The molecule has 0 aromatic heterocycles. The molecule has 18 heavy (non-hydrogen) atoms. The van der Waals surface area contributed by atoms with E-state index in [0.717, 1.165) is 23.6 Å². The molecule has 1 amide bonds. The summed E-state index contributed by atoms with van der Waals surface area (Å²) >= 11 is 1.88. The van der Waals surface area contributed by atoms with Gasteiger partial charge in [0.1, 0.15) is 5.75 Å². The minimum Gasteiger partial charge on any atom is -0.508 e. The highest BCUT2D eigenvalue weighted by Gasteiger charge is 2.16. The normalized spacial score (nSPS) is 19.4. The quantitative estimate of drug-likeness (QED) is 0.764. The third-order valence-electron chi connectivity index (χ3n) is 2.90. The number of benzene rings is 1. The van der Waals surface area contributed by atoms with Gasteiger partial charge in [-0.2, -0.15) is 11.8 Å². The maximum absolute atomic E-state index is 11.8. The topological polar surface area (TPSA) is 61.4 Å². The van der Waals surface area contributed by atoms with Crippen molar-refractivity contribution in [2.75, 3.05) is 18.1 Å². The fourth-order valence-electron chi connectivity index (χ4n) is 1.90. The van der Waals surface area contributed by atoms with E-state index in [4.69, 9.17) is 0 Å². The SMILES string of the molecule is O=C(CC1CSCCN1)NCc1ccccc1O. The monoisotopic (exact) mass is 266 g/mol. The molecule has 4 nitrogen and oxygen atoms in total. The molecule has 2 rings (SSSR count). The molecule has 5 heteroatoms. The van der Waals surface area contributed by atoms with Gasteiger partial charge in [-0.3, -0.25) is 4.79 Å². The third-order valence-corrected chi connectivity index (χ3v) is 4.03. The van der Waals surface area contributed by atoms with E-state index in [-0.39, 0.29) is 17.7 Å². The highest BCUT2D eigenvalue weighted by atomic mass is 32.2. The first-order valence-corrected chi connectivity index (χ1v) is 7.26. The second-order valence-corrected chi connectivity index (χ2v) is 5.49. The molecule has 0 radical (unpaired) electrons. The lowest BCUT2D eigenvalue weighted by molar-refractivity contribution is -0.121. The van der Waals surface area contributed by atoms with Crippen LogP contribution < -0.4 is 10.6 Å². The van der Waals surface area contributed by atoms with E-state index in [1.54, 1.807) is 12.1 Å². The predicted octanol–water partition coefficient (Wildman–Crippen LogP) is 1.10. The number of nitrogens with one attached hydrogen (secondary N) is 2. The average molecular weight is 266 g/mol. The lowest BCUT2D eigenvalue weighted by atomic mass is 10.2. The van der Waals surface area contributed by atoms with E-state index < -0.39 is 0 Å². The van der Waals surface area contributed by atoms with Crippen molar-refractivity contribution in [2.24, 2.45) is 0 Å². The van der Waals surface area contributed by atoms with Gasteiger partial charge >= 0.3 is 0 Å². The standard InChI is InChI=1S/C13H18N2O2S/c16-12-4-2-1-3-10(12)8-15-13(17)7-11-9-18-6-5-14-11/h1-4,11,14,16H,5-9H2,(H,15,17). The Balaban J connectivity index is 1.76. The molecule has 1 unspecified atom stereocenters. The number of para-hydroxylation sites is 1. The molecule has 3 N–H and O–H groups in total. The van der Waals surface area contributed by atoms with Crippen LogP contribution in [0.1, 0.15) is 12.0 Å². The van der Waals surface area contributed by atoms with Crippen molar-refractivity contribution < 1.29 is 9.90 Å². The van der Waals surface area contributed by atoms with Crippen molar-refractivity contribution in [2.45, 2.75) is 19.0 Å². The molecule has 1 aromatic carbocycles. The number of aromatic hydroxyl groups is 1. The summed E-state index contributed by atoms with van der Waals surface area (Å²) in [7, 11) is 0. The van der Waals surface area contributed by atoms with Gasteiger partial charge in [-0.05, 0) is 6.07 Å². The average Bonchev–Trinajstić information content (AvgIpc) is 2.39. The summed E-state index contributed by atoms with van der Waals surface area (Å²) in [6.07, 6.45) is 0.501. The fraction of sp³-hybridized carbons (Fsp3) is 0.462. The number of amides is 1. The van der Waals surface area contributed by atoms with Crippen LogP contribution in [0.5, 0.6) is 5.75 Å². The first-order chi connectivity index (χ1) is 8.75. The van der Waals surface area contributed by atoms with Crippen LogP contribution in [-0.2, 0) is 11.3 Å². The number of rotatable bonds is 4. The van der Waals surface area contributed by atoms with Crippen molar-refractivity contribution in [3.05, 3.63) is 29.8 Å². The van der Waals surface area contributed by atoms with Crippen LogP contribution >= 0.6 is 11.8 Å². The second-order valence-electron chi connectivity index (χ2n) is 4.34. The summed E-state index contributed by atoms with van der Waals surface area (Å²) in [6, 6.07) is 7.32. The largest absolute Gasteiger partial charge is 0.508 e. The zero-order valence-electron chi connectivity index (χ0n) is 10.2. The predicted molar refractivity (Wildman–Crippen MR) is 73.7 cm³/mol. The van der Waals surface area contributed by atoms with E-state index in [1.165, 1.54) is 0 Å². The maximum Gasteiger partial charge on any atom is 0.221 e. The first-order valence-electron chi connectivity index (χ1n) is 6.10. The van der Waals surface area contributed by atoms with Gasteiger partial charge in [0.15, 0.2) is 0 Å². The Kier molecular flexibility index (Phi) is 4.90. The summed E-state index contributed by atoms with van der Waals surface area (Å²) in [5.41, 5.74) is 0.747. The highest BCUT2D eigenvalue weighted by molar-refractivity contribution is 7.99. The summed E-state index contributed by atoms with van der Waals surface area (Å²) in [5, 5.41) is 15.7. The molecule has 0 bridgehead atoms. The van der Waals surface area contributed by atoms with E-state index >= 15 is 0 Å². The Bertz CT molecular complexity index is 406. The molecule has 0 aliphatic carbocycles. The smallest absolute Gasteiger partial charge is 0.221 e. The van der Waals surface area contributed by atoms with E-state index in [2.05, 4.69) is 10.6 Å². The summed E-state index contributed by atoms with van der Waals surface area (Å²) < 4.78 is 0. The number of carbonyl (C=O) groups is 1. The Morgan fingerprint density at radius 2 is 2.33 bits per heavy atom. The number of carbonyl (C=O) groups excluding carboxylic acids is 1. The molecule has 98 valence electrons. The van der Waals surface area contributed by atoms with Gasteiger partial charge in [0.2, 0.25) is 5.91 Å². The Morgan fingerprint density at radius 1 is 1.50 bits per heavy atom. The zero-order chi connectivity index (χ0) is 12.8. The van der Waals surface area contributed by atoms with Crippen molar-refractivity contribution in [3.8, 4) is 5.75 Å². The van der Waals surface area contributed by atoms with Crippen LogP contribution in [0.4, 0.5) is 0 Å². The fourth-order valence-corrected chi connectivity index (χ4v) is 2.85. The first kappa shape index (κ1) is 13.2. The van der Waals surface area contributed by atoms with Crippen LogP contribution in [0.15, 0.2) is 24.3 Å². The molecule has 1 aliphatic rings. The number of thioether (sulfide) groups is 1. The van der Waals surface area contributed by atoms with Crippen molar-refractivity contribution in [1.29, 1.82) is 0 Å². The molecule has 1 saturated heterocycles. The Morgan fingerprint density at radius 3 is 3.06 bits per heavy atom. The Labute approximate surface area is 111 Å². The van der Waals surface area contributed by atoms with Crippen LogP contribution in [-0.4, -0.2) is 35.1 Å². The van der Waals surface area contributed by atoms with Gasteiger partial charge in [-0.25, -0.2) is 0 Å². The zero-order valence-corrected chi connectivity index (χ0v) is 11.0. The van der Waals surface area contributed by atoms with E-state index in [9.17, 15) is 9.90 Å². The van der Waals surface area contributed by atoms with E-state index in [0.29, 0.717) is 13.0 Å². The molecule has 0 saturated carbocycles. The number of hydrogen-bond acceptors (Lipinski definition) is 4. The Hall–Kier alpha value is -1.20. The van der Waals surface area contributed by atoms with E-state index in [1.807, 2.05) is 23.9 Å². The van der Waals surface area contributed by atoms with Crippen molar-refractivity contribution in [3.63, 3.8) is 0 Å². The number of phenols is 1. The highest BCUT2D eigenvalue weighted by Crippen LogP contribution is 2.15. The van der Waals surface area contributed by atoms with Crippen LogP contribution in [0, 0.1) is 0 Å². The van der Waals surface area contributed by atoms with Gasteiger partial charge in [0, 0.05) is 42.6 Å². The van der Waals surface area contributed by atoms with Gasteiger partial charge in [0.25, 0.3) is 0 Å². The lowest BCUT2D eigenvalue weighted by Crippen LogP contribution is -2.41. The van der Waals surface area contributed by atoms with Gasteiger partial charge in [0.05, 0.1) is 0 Å². The molecule has 1 fully saturated rings. The third kappa shape index (κ3) is 3.92. The van der Waals surface area contributed by atoms with Crippen LogP contribution in [0.2, 0.25) is 0 Å². The molecule has 0 spiro atoms. The molecular formula is C13H18N2O2S. The summed E-state index contributed by atoms with van der Waals surface area (Å²) in [4.78, 5) is 11.8. The molecule has 1 aromatic rings. The molecule has 1 heterocycles. The van der Waals surface area contributed by atoms with Gasteiger partial charge in [-0.15, -0.1) is 0 Å².